The number of nitrogens with zero attached hydrogens (tertiary/aromatic N) is 5. The van der Waals surface area contributed by atoms with Crippen LogP contribution in [0.4, 0.5) is 14.4 Å². The third kappa shape index (κ3) is 17.5. The van der Waals surface area contributed by atoms with Gasteiger partial charge in [-0.3, -0.25) is 48.8 Å². The van der Waals surface area contributed by atoms with E-state index < -0.39 is 105 Å². The zero-order valence-corrected chi connectivity index (χ0v) is 60.3. The summed E-state index contributed by atoms with van der Waals surface area (Å²) in [6.45, 7) is 41.3. The van der Waals surface area contributed by atoms with Gasteiger partial charge in [-0.1, -0.05) is 169 Å². The lowest BCUT2D eigenvalue weighted by Gasteiger charge is -2.41. The molecule has 4 aliphatic heterocycles. The summed E-state index contributed by atoms with van der Waals surface area (Å²) in [6.07, 6.45) is 2.92. The molecule has 4 heterocycles. The van der Waals surface area contributed by atoms with Crippen molar-refractivity contribution >= 4 is 78.9 Å². The number of imide groups is 2. The van der Waals surface area contributed by atoms with Gasteiger partial charge in [0.05, 0.1) is 18.1 Å². The number of nitrogens with one attached hydrogen (secondary N) is 6. The monoisotopic (exact) mass is 1320 g/mol. The van der Waals surface area contributed by atoms with Crippen LogP contribution >= 0.6 is 13.5 Å². The summed E-state index contributed by atoms with van der Waals surface area (Å²) in [5, 5.41) is 25.9. The fourth-order valence-corrected chi connectivity index (χ4v) is 14.2. The van der Waals surface area contributed by atoms with Crippen LogP contribution in [0.15, 0.2) is 30.3 Å². The maximum absolute atomic E-state index is 14.6. The predicted octanol–water partition coefficient (Wildman–Crippen LogP) is 7.96. The average molecular weight is 1320 g/mol. The van der Waals surface area contributed by atoms with Crippen molar-refractivity contribution in [3.8, 4) is 0 Å². The molecule has 0 spiro atoms. The Morgan fingerprint density at radius 2 is 0.914 bits per heavy atom. The Kier molecular flexibility index (Phi) is 21.9. The van der Waals surface area contributed by atoms with E-state index in [-0.39, 0.29) is 128 Å². The molecule has 0 aromatic heterocycles. The van der Waals surface area contributed by atoms with Crippen molar-refractivity contribution in [3.05, 3.63) is 35.9 Å². The molecule has 93 heavy (non-hydrogen) atoms. The molecular formula is C69H111N11O12S. The molecule has 24 heteroatoms. The molecule has 13 amide bonds. The molecule has 1 aromatic carbocycles. The van der Waals surface area contributed by atoms with E-state index in [1.807, 2.05) is 162 Å². The van der Waals surface area contributed by atoms with Crippen LogP contribution in [-0.4, -0.2) is 164 Å². The highest BCUT2D eigenvalue weighted by Crippen LogP contribution is 2.66. The van der Waals surface area contributed by atoms with Gasteiger partial charge < -0.3 is 41.5 Å². The standard InChI is InChI=1S/C41H63N7O6.C28H46N4O6.H2S/c1-24(26-15-13-12-14-16-26)42-37(54)48(21-25-17-18-25)45-34(51)32-31-27(41(31,10)11)22-47(32)35(52)33(39(5,6)7)44-36(53)43-28(38(2,3)4)23-46-29(49)19-40(8,9)20-30(46)50;1-25(2,3)16(14-31-17(33)11-27(7,8)12-18(31)34)29-24(38)30-21(26(4,5)6)22(35)32-13-15-19(28(15,9)10)20(32)23(36)37;/h12-16,24-25,27-28,31-33H,17-23H2,1-11H3,(H,42,54)(H,45,51)(H2,43,44,53);15-16,19-21H,11-14H2,1-10H3,(H,36,37)(H2,29,30,38);1H2/t24-,27-,28+,31-,32-,33+;15-,16+,19-,20-,21+;/m00./s1. The van der Waals surface area contributed by atoms with Gasteiger partial charge >= 0.3 is 24.1 Å². The molecule has 0 bridgehead atoms. The molecule has 11 atom stereocenters. The first-order chi connectivity index (χ1) is 42.0. The number of hydrazine groups is 1. The number of hydrogen-bond donors (Lipinski definition) is 7. The molecule has 3 saturated carbocycles. The fraction of sp³-hybridized carbons (Fsp3) is 0.754. The summed E-state index contributed by atoms with van der Waals surface area (Å²) in [5.74, 6) is -3.03. The van der Waals surface area contributed by atoms with Crippen LogP contribution < -0.4 is 32.0 Å². The smallest absolute Gasteiger partial charge is 0.336 e. The second-order valence-electron chi connectivity index (χ2n) is 34.7. The minimum atomic E-state index is -1.03. The van der Waals surface area contributed by atoms with Crippen LogP contribution in [0.25, 0.3) is 0 Å². The summed E-state index contributed by atoms with van der Waals surface area (Å²) in [4.78, 5) is 152. The van der Waals surface area contributed by atoms with E-state index in [9.17, 15) is 57.8 Å². The lowest BCUT2D eigenvalue weighted by atomic mass is 9.80. The van der Waals surface area contributed by atoms with Crippen molar-refractivity contribution < 1.29 is 57.8 Å². The van der Waals surface area contributed by atoms with Crippen LogP contribution in [0.2, 0.25) is 0 Å². The van der Waals surface area contributed by atoms with Crippen LogP contribution in [0.5, 0.6) is 0 Å². The Morgan fingerprint density at radius 1 is 0.548 bits per heavy atom. The summed E-state index contributed by atoms with van der Waals surface area (Å²) < 4.78 is 0. The lowest BCUT2D eigenvalue weighted by molar-refractivity contribution is -0.155. The van der Waals surface area contributed by atoms with E-state index in [1.165, 1.54) is 19.7 Å². The highest BCUT2D eigenvalue weighted by molar-refractivity contribution is 7.59. The molecule has 0 radical (unpaired) electrons. The second-order valence-corrected chi connectivity index (χ2v) is 34.7. The van der Waals surface area contributed by atoms with E-state index in [0.717, 1.165) is 18.4 Å². The highest BCUT2D eigenvalue weighted by atomic mass is 32.1. The van der Waals surface area contributed by atoms with Crippen LogP contribution in [0.3, 0.4) is 0 Å². The normalized spacial score (nSPS) is 25.8. The molecule has 7 N–H and O–H groups in total. The van der Waals surface area contributed by atoms with Crippen molar-refractivity contribution in [2.45, 2.75) is 226 Å². The number of benzene rings is 1. The summed E-state index contributed by atoms with van der Waals surface area (Å²) in [5.41, 5.74) is 0.260. The number of carbonyl (C=O) groups is 11. The minimum absolute atomic E-state index is 0. The summed E-state index contributed by atoms with van der Waals surface area (Å²) in [7, 11) is 0. The molecule has 7 aliphatic rings. The van der Waals surface area contributed by atoms with E-state index in [2.05, 4.69) is 45.9 Å². The maximum atomic E-state index is 14.6. The molecule has 3 aliphatic carbocycles. The van der Waals surface area contributed by atoms with E-state index in [0.29, 0.717) is 19.6 Å². The van der Waals surface area contributed by atoms with Gasteiger partial charge in [0.2, 0.25) is 35.4 Å². The Labute approximate surface area is 558 Å². The van der Waals surface area contributed by atoms with Crippen LogP contribution in [0, 0.1) is 72.9 Å². The number of carboxylic acids is 1. The largest absolute Gasteiger partial charge is 0.480 e. The SMILES string of the molecule is CC1(C)CC(=O)N(C[C@@H](NC(=O)N[C@H](C(=O)N2C[C@H]3[C@@H]([C@H]2C(=O)O)C3(C)C)C(C)(C)C)C(C)(C)C)C(=O)C1.C[C@H](NC(=O)N(CC1CC1)NC(=O)[C@@H]1[C@@H]2[C@H](CN1C(=O)[C@@H](NC(=O)N[C@H](CN1C(=O)CC(C)(C)CC1=O)C(C)(C)C)C(C)(C)C)C2(C)C)c1ccccc1.S. The van der Waals surface area contributed by atoms with Gasteiger partial charge in [0.15, 0.2) is 0 Å². The number of aliphatic carboxylic acids is 1. The fourth-order valence-electron chi connectivity index (χ4n) is 14.2. The predicted molar refractivity (Wildman–Crippen MR) is 357 cm³/mol. The Balaban J connectivity index is 0.000000310. The minimum Gasteiger partial charge on any atom is -0.480 e. The third-order valence-electron chi connectivity index (χ3n) is 20.7. The van der Waals surface area contributed by atoms with Gasteiger partial charge in [-0.05, 0) is 92.3 Å². The van der Waals surface area contributed by atoms with E-state index in [1.54, 1.807) is 4.90 Å². The molecule has 8 rings (SSSR count). The van der Waals surface area contributed by atoms with Crippen molar-refractivity contribution in [1.29, 1.82) is 0 Å². The highest BCUT2D eigenvalue weighted by Gasteiger charge is 2.71. The zero-order valence-electron chi connectivity index (χ0n) is 59.3. The molecule has 0 unspecified atom stereocenters. The van der Waals surface area contributed by atoms with Gasteiger partial charge in [0.25, 0.3) is 5.91 Å². The number of hydrogen-bond acceptors (Lipinski definition) is 11. The summed E-state index contributed by atoms with van der Waals surface area (Å²) in [6, 6.07) is 2.80. The van der Waals surface area contributed by atoms with E-state index >= 15 is 0 Å². The number of rotatable bonds is 16. The van der Waals surface area contributed by atoms with Crippen LogP contribution in [0.1, 0.15) is 196 Å². The number of amides is 13. The Morgan fingerprint density at radius 3 is 1.26 bits per heavy atom. The number of carboxylic acid groups (broad SMARTS) is 1. The number of fused-ring (bicyclic) bond motifs is 2. The Hall–Kier alpha value is -6.46. The molecular weight excluding hydrogens is 1210 g/mol. The zero-order chi connectivity index (χ0) is 69.3. The number of likely N-dealkylation sites (tertiary alicyclic amines) is 4. The molecule has 23 nitrogen and oxygen atoms in total. The molecule has 1 aromatic rings. The first kappa shape index (κ1) is 75.6. The average Bonchev–Trinajstić information content (AvgIpc) is 1.53. The summed E-state index contributed by atoms with van der Waals surface area (Å²) >= 11 is 0. The third-order valence-corrected chi connectivity index (χ3v) is 20.7. The number of piperidine rings is 4. The van der Waals surface area contributed by atoms with E-state index in [4.69, 9.17) is 0 Å². The van der Waals surface area contributed by atoms with Gasteiger partial charge in [-0.2, -0.15) is 13.5 Å². The molecule has 520 valence electrons. The topological polar surface area (TPSA) is 296 Å². The quantitative estimate of drug-likeness (QED) is 0.0613. The second kappa shape index (κ2) is 27.0. The number of urea groups is 3. The van der Waals surface area contributed by atoms with Crippen molar-refractivity contribution in [2.75, 3.05) is 32.7 Å². The van der Waals surface area contributed by atoms with Crippen molar-refractivity contribution in [2.24, 2.45) is 72.9 Å². The van der Waals surface area contributed by atoms with Gasteiger partial charge in [-0.15, -0.1) is 0 Å². The van der Waals surface area contributed by atoms with Crippen LogP contribution in [-0.2, 0) is 38.4 Å². The first-order valence-corrected chi connectivity index (χ1v) is 33.1. The maximum Gasteiger partial charge on any atom is 0.336 e. The van der Waals surface area contributed by atoms with Gasteiger partial charge in [0, 0.05) is 64.3 Å². The first-order valence-electron chi connectivity index (χ1n) is 33.1. The van der Waals surface area contributed by atoms with Crippen molar-refractivity contribution in [1.82, 2.24) is 56.6 Å². The molecule has 4 saturated heterocycles. The van der Waals surface area contributed by atoms with Gasteiger partial charge in [0.1, 0.15) is 24.2 Å². The molecule has 7 fully saturated rings. The Bertz CT molecular complexity index is 3010. The lowest BCUT2D eigenvalue weighted by Crippen LogP contribution is -2.63. The van der Waals surface area contributed by atoms with Gasteiger partial charge in [-0.25, -0.2) is 24.2 Å². The van der Waals surface area contributed by atoms with Crippen molar-refractivity contribution in [3.63, 3.8) is 0 Å². The number of carbonyl (C=O) groups excluding carboxylic acids is 10.